The highest BCUT2D eigenvalue weighted by Crippen LogP contribution is 2.45. The van der Waals surface area contributed by atoms with E-state index < -0.39 is 11.9 Å². The monoisotopic (exact) mass is 550 g/mol. The van der Waals surface area contributed by atoms with Gasteiger partial charge in [0.2, 0.25) is 5.78 Å². The largest absolute Gasteiger partial charge is 0.507 e. The van der Waals surface area contributed by atoms with Crippen molar-refractivity contribution in [3.05, 3.63) is 64.2 Å². The Balaban J connectivity index is 1.46. The zero-order chi connectivity index (χ0) is 28.9. The van der Waals surface area contributed by atoms with Gasteiger partial charge in [-0.15, -0.1) is 0 Å². The number of aryl methyl sites for hydroxylation is 1. The second-order valence-corrected chi connectivity index (χ2v) is 10.9. The second kappa shape index (κ2) is 16.1. The van der Waals surface area contributed by atoms with Gasteiger partial charge in [-0.25, -0.2) is 0 Å². The van der Waals surface area contributed by atoms with E-state index in [1.54, 1.807) is 19.1 Å². The van der Waals surface area contributed by atoms with Crippen molar-refractivity contribution < 1.29 is 29.3 Å². The van der Waals surface area contributed by atoms with Gasteiger partial charge in [0.1, 0.15) is 17.2 Å². The van der Waals surface area contributed by atoms with Crippen LogP contribution in [0.4, 0.5) is 0 Å². The maximum Gasteiger partial charge on any atom is 0.306 e. The first-order valence-corrected chi connectivity index (χ1v) is 15.0. The smallest absolute Gasteiger partial charge is 0.306 e. The molecule has 0 aromatic heterocycles. The normalized spacial score (nSPS) is 14.3. The third-order valence-corrected chi connectivity index (χ3v) is 7.56. The minimum Gasteiger partial charge on any atom is -0.507 e. The van der Waals surface area contributed by atoms with Crippen molar-refractivity contribution >= 4 is 11.8 Å². The zero-order valence-electron chi connectivity index (χ0n) is 24.5. The fourth-order valence-corrected chi connectivity index (χ4v) is 5.39. The molecule has 0 bridgehead atoms. The van der Waals surface area contributed by atoms with Crippen molar-refractivity contribution in [2.45, 2.75) is 110 Å². The van der Waals surface area contributed by atoms with Crippen LogP contribution in [0.15, 0.2) is 36.4 Å². The Morgan fingerprint density at radius 1 is 0.800 bits per heavy atom. The number of hydrogen-bond donors (Lipinski definition) is 2. The van der Waals surface area contributed by atoms with Crippen molar-refractivity contribution in [3.8, 4) is 17.2 Å². The number of allylic oxidation sites excluding steroid dienone is 2. The number of carbonyl (C=O) groups excluding carboxylic acids is 2. The quantitative estimate of drug-likeness (QED) is 0.116. The van der Waals surface area contributed by atoms with Gasteiger partial charge >= 0.3 is 5.97 Å². The number of ether oxygens (including phenoxy) is 2. The van der Waals surface area contributed by atoms with E-state index in [1.807, 2.05) is 0 Å². The van der Waals surface area contributed by atoms with Gasteiger partial charge in [0.15, 0.2) is 6.10 Å². The van der Waals surface area contributed by atoms with Crippen LogP contribution in [0.3, 0.4) is 0 Å². The maximum absolute atomic E-state index is 13.2. The number of phenolic OH excluding ortho intramolecular Hbond substituents is 2. The van der Waals surface area contributed by atoms with Crippen LogP contribution >= 0.6 is 0 Å². The standard InChI is InChI=1S/C34H46O6/c1-4-5-6-7-8-9-10-11-12-13-14-15-16-17-18-19-30(37)40-34-26-20-24(2)21-28(35)31(26)33(38)32-27(34)22-25(39-3)23-29(32)36/h11-12,20-23,34-36H,4-10,13-19H2,1-3H3/t34-/m0/s1. The molecule has 6 heteroatoms. The molecular formula is C34H46O6. The Morgan fingerprint density at radius 2 is 1.35 bits per heavy atom. The summed E-state index contributed by atoms with van der Waals surface area (Å²) >= 11 is 0. The molecule has 0 aliphatic heterocycles. The lowest BCUT2D eigenvalue weighted by Gasteiger charge is -2.29. The number of hydrogen-bond acceptors (Lipinski definition) is 6. The number of carbonyl (C=O) groups is 2. The van der Waals surface area contributed by atoms with Crippen molar-refractivity contribution in [1.82, 2.24) is 0 Å². The highest BCUT2D eigenvalue weighted by molar-refractivity contribution is 6.16. The fourth-order valence-electron chi connectivity index (χ4n) is 5.39. The van der Waals surface area contributed by atoms with E-state index in [2.05, 4.69) is 19.1 Å². The molecule has 2 aromatic rings. The Kier molecular flexibility index (Phi) is 12.6. The Bertz CT molecular complexity index is 1170. The lowest BCUT2D eigenvalue weighted by atomic mass is 9.81. The van der Waals surface area contributed by atoms with Crippen LogP contribution < -0.4 is 4.74 Å². The first-order chi connectivity index (χ1) is 19.4. The highest BCUT2D eigenvalue weighted by Gasteiger charge is 2.38. The molecule has 0 radical (unpaired) electrons. The number of rotatable bonds is 17. The van der Waals surface area contributed by atoms with Gasteiger partial charge in [-0.1, -0.05) is 76.5 Å². The van der Waals surface area contributed by atoms with E-state index in [1.165, 1.54) is 64.2 Å². The van der Waals surface area contributed by atoms with Gasteiger partial charge in [0, 0.05) is 23.6 Å². The van der Waals surface area contributed by atoms with E-state index in [0.717, 1.165) is 44.1 Å². The summed E-state index contributed by atoms with van der Waals surface area (Å²) in [6, 6.07) is 6.19. The maximum atomic E-state index is 13.2. The minimum atomic E-state index is -0.926. The van der Waals surface area contributed by atoms with Crippen LogP contribution in [-0.4, -0.2) is 29.1 Å². The average Bonchev–Trinajstić information content (AvgIpc) is 2.92. The molecule has 218 valence electrons. The first kappa shape index (κ1) is 31.3. The van der Waals surface area contributed by atoms with Crippen LogP contribution in [0.2, 0.25) is 0 Å². The highest BCUT2D eigenvalue weighted by atomic mass is 16.5. The van der Waals surface area contributed by atoms with Crippen molar-refractivity contribution in [2.24, 2.45) is 0 Å². The van der Waals surface area contributed by atoms with Crippen LogP contribution in [-0.2, 0) is 9.53 Å². The van der Waals surface area contributed by atoms with Crippen LogP contribution in [0.5, 0.6) is 17.2 Å². The average molecular weight is 551 g/mol. The summed E-state index contributed by atoms with van der Waals surface area (Å²) in [7, 11) is 1.46. The molecule has 0 saturated heterocycles. The molecule has 1 aliphatic carbocycles. The number of methoxy groups -OCH3 is 1. The number of phenols is 2. The molecule has 0 saturated carbocycles. The van der Waals surface area contributed by atoms with Gasteiger partial charge in [0.25, 0.3) is 0 Å². The van der Waals surface area contributed by atoms with Crippen molar-refractivity contribution in [1.29, 1.82) is 0 Å². The molecule has 2 N–H and O–H groups in total. The number of fused-ring (bicyclic) bond motifs is 2. The molecule has 0 fully saturated rings. The SMILES string of the molecule is CCCCCCCCC=CCCCCCCCC(=O)O[C@H]1c2cc(C)cc(O)c2C(=O)c2c(O)cc(OC)cc21. The molecule has 3 rings (SSSR count). The zero-order valence-corrected chi connectivity index (χ0v) is 24.5. The van der Waals surface area contributed by atoms with Crippen LogP contribution in [0.1, 0.15) is 136 Å². The number of benzene rings is 2. The van der Waals surface area contributed by atoms with E-state index >= 15 is 0 Å². The van der Waals surface area contributed by atoms with Gasteiger partial charge in [-0.3, -0.25) is 9.59 Å². The Morgan fingerprint density at radius 3 is 1.98 bits per heavy atom. The summed E-state index contributed by atoms with van der Waals surface area (Å²) in [5, 5.41) is 21.1. The molecular weight excluding hydrogens is 504 g/mol. The third-order valence-electron chi connectivity index (χ3n) is 7.56. The predicted octanol–water partition coefficient (Wildman–Crippen LogP) is 8.63. The first-order valence-electron chi connectivity index (χ1n) is 15.0. The summed E-state index contributed by atoms with van der Waals surface area (Å²) in [4.78, 5) is 26.1. The number of ketones is 1. The summed E-state index contributed by atoms with van der Waals surface area (Å²) in [6.45, 7) is 4.05. The molecule has 1 aliphatic rings. The third kappa shape index (κ3) is 8.61. The molecule has 1 atom stereocenters. The van der Waals surface area contributed by atoms with E-state index in [9.17, 15) is 19.8 Å². The van der Waals surface area contributed by atoms with Gasteiger partial charge < -0.3 is 19.7 Å². The number of aromatic hydroxyl groups is 2. The summed E-state index contributed by atoms with van der Waals surface area (Å²) in [6.07, 6.45) is 19.3. The second-order valence-electron chi connectivity index (χ2n) is 10.9. The van der Waals surface area contributed by atoms with Crippen LogP contribution in [0, 0.1) is 6.92 Å². The molecule has 40 heavy (non-hydrogen) atoms. The fraction of sp³-hybridized carbons (Fsp3) is 0.529. The van der Waals surface area contributed by atoms with Gasteiger partial charge in [0.05, 0.1) is 18.2 Å². The van der Waals surface area contributed by atoms with Gasteiger partial charge in [-0.05, 0) is 56.7 Å². The topological polar surface area (TPSA) is 93.1 Å². The summed E-state index contributed by atoms with van der Waals surface area (Å²) in [5.41, 5.74) is 1.58. The van der Waals surface area contributed by atoms with Crippen molar-refractivity contribution in [3.63, 3.8) is 0 Å². The lowest BCUT2D eigenvalue weighted by Crippen LogP contribution is -2.24. The van der Waals surface area contributed by atoms with E-state index in [0.29, 0.717) is 16.9 Å². The van der Waals surface area contributed by atoms with E-state index in [-0.39, 0.29) is 35.0 Å². The predicted molar refractivity (Wildman–Crippen MR) is 158 cm³/mol. The molecule has 6 nitrogen and oxygen atoms in total. The Labute approximate surface area is 239 Å². The molecule has 0 spiro atoms. The lowest BCUT2D eigenvalue weighted by molar-refractivity contribution is -0.147. The molecule has 2 aromatic carbocycles. The van der Waals surface area contributed by atoms with Crippen LogP contribution in [0.25, 0.3) is 0 Å². The molecule has 0 heterocycles. The minimum absolute atomic E-state index is 0.0197. The van der Waals surface area contributed by atoms with E-state index in [4.69, 9.17) is 9.47 Å². The Hall–Kier alpha value is -3.28. The summed E-state index contributed by atoms with van der Waals surface area (Å²) < 4.78 is 11.2. The number of esters is 1. The van der Waals surface area contributed by atoms with Crippen molar-refractivity contribution in [2.75, 3.05) is 7.11 Å². The van der Waals surface area contributed by atoms with Gasteiger partial charge in [-0.2, -0.15) is 0 Å². The number of unbranched alkanes of at least 4 members (excludes halogenated alkanes) is 11. The molecule has 0 amide bonds. The summed E-state index contributed by atoms with van der Waals surface area (Å²) in [5.74, 6) is -1.01. The molecule has 0 unspecified atom stereocenters.